The van der Waals surface area contributed by atoms with Crippen LogP contribution >= 0.6 is 11.3 Å². The molecule has 1 aromatic rings. The van der Waals surface area contributed by atoms with E-state index in [1.54, 1.807) is 9.80 Å². The van der Waals surface area contributed by atoms with Crippen LogP contribution in [-0.2, 0) is 20.7 Å². The lowest BCUT2D eigenvalue weighted by atomic mass is 10.2. The van der Waals surface area contributed by atoms with E-state index in [0.29, 0.717) is 37.7 Å². The summed E-state index contributed by atoms with van der Waals surface area (Å²) in [5.41, 5.74) is -0.545. The van der Waals surface area contributed by atoms with E-state index in [1.165, 1.54) is 11.3 Å². The fraction of sp³-hybridized carbons (Fsp3) is 0.722. The normalized spacial score (nSPS) is 15.1. The summed E-state index contributed by atoms with van der Waals surface area (Å²) in [6, 6.07) is 0. The fourth-order valence-corrected chi connectivity index (χ4v) is 3.38. The molecule has 0 aliphatic carbocycles. The number of aryl methyl sites for hydroxylation is 1. The zero-order chi connectivity index (χ0) is 20.7. The average Bonchev–Trinajstić information content (AvgIpc) is 2.91. The van der Waals surface area contributed by atoms with Crippen molar-refractivity contribution in [3.8, 4) is 0 Å². The molecule has 1 saturated heterocycles. The summed E-state index contributed by atoms with van der Waals surface area (Å²) in [6.07, 6.45) is 1.30. The van der Waals surface area contributed by atoms with Crippen LogP contribution in [0.4, 0.5) is 9.93 Å². The van der Waals surface area contributed by atoms with Gasteiger partial charge in [-0.2, -0.15) is 0 Å². The number of anilines is 1. The fourth-order valence-electron chi connectivity index (χ4n) is 2.68. The van der Waals surface area contributed by atoms with Crippen molar-refractivity contribution in [2.24, 2.45) is 0 Å². The van der Waals surface area contributed by atoms with Crippen LogP contribution < -0.4 is 5.32 Å². The summed E-state index contributed by atoms with van der Waals surface area (Å²) in [4.78, 5) is 40.0. The molecule has 156 valence electrons. The Morgan fingerprint density at radius 1 is 1.07 bits per heavy atom. The van der Waals surface area contributed by atoms with Crippen LogP contribution in [0.25, 0.3) is 0 Å². The number of hydrogen-bond acceptors (Lipinski definition) is 7. The minimum atomic E-state index is -0.545. The highest BCUT2D eigenvalue weighted by molar-refractivity contribution is 7.15. The molecule has 10 heteroatoms. The van der Waals surface area contributed by atoms with Gasteiger partial charge < -0.3 is 19.9 Å². The Morgan fingerprint density at radius 2 is 1.75 bits per heavy atom. The van der Waals surface area contributed by atoms with Gasteiger partial charge >= 0.3 is 6.09 Å². The zero-order valence-electron chi connectivity index (χ0n) is 17.0. The van der Waals surface area contributed by atoms with Crippen LogP contribution in [0, 0.1) is 0 Å². The van der Waals surface area contributed by atoms with Gasteiger partial charge in [0.2, 0.25) is 16.9 Å². The number of nitrogens with one attached hydrogen (secondary N) is 1. The Balaban J connectivity index is 1.76. The van der Waals surface area contributed by atoms with Gasteiger partial charge in [0.1, 0.15) is 10.6 Å². The van der Waals surface area contributed by atoms with Gasteiger partial charge in [-0.25, -0.2) is 4.79 Å². The first-order chi connectivity index (χ1) is 13.2. The van der Waals surface area contributed by atoms with Crippen LogP contribution in [0.1, 0.15) is 52.0 Å². The van der Waals surface area contributed by atoms with Crippen molar-refractivity contribution >= 4 is 34.4 Å². The van der Waals surface area contributed by atoms with Gasteiger partial charge in [-0.3, -0.25) is 9.59 Å². The second-order valence-corrected chi connectivity index (χ2v) is 8.67. The summed E-state index contributed by atoms with van der Waals surface area (Å²) in [5.74, 6) is -0.343. The third-order valence-electron chi connectivity index (χ3n) is 4.08. The van der Waals surface area contributed by atoms with Gasteiger partial charge in [0.15, 0.2) is 0 Å². The third kappa shape index (κ3) is 7.06. The van der Waals surface area contributed by atoms with Crippen molar-refractivity contribution in [2.45, 2.75) is 59.0 Å². The van der Waals surface area contributed by atoms with Gasteiger partial charge in [0.05, 0.1) is 0 Å². The molecule has 0 bridgehead atoms. The van der Waals surface area contributed by atoms with Crippen molar-refractivity contribution < 1.29 is 19.1 Å². The van der Waals surface area contributed by atoms with Gasteiger partial charge in [-0.15, -0.1) is 10.2 Å². The topological polar surface area (TPSA) is 105 Å². The van der Waals surface area contributed by atoms with Crippen LogP contribution in [-0.4, -0.2) is 69.7 Å². The summed E-state index contributed by atoms with van der Waals surface area (Å²) in [7, 11) is 0. The second-order valence-electron chi connectivity index (χ2n) is 7.60. The number of carbonyl (C=O) groups is 3. The molecule has 2 heterocycles. The van der Waals surface area contributed by atoms with Gasteiger partial charge in [-0.05, 0) is 33.6 Å². The Labute approximate surface area is 169 Å². The summed E-state index contributed by atoms with van der Waals surface area (Å²) in [6.45, 7) is 9.44. The van der Waals surface area contributed by atoms with Crippen molar-refractivity contribution in [1.82, 2.24) is 20.0 Å². The number of carbonyl (C=O) groups excluding carboxylic acids is 3. The SMILES string of the molecule is CCc1nnc(NC(=O)CCC(=O)N2CCCN(C(=O)OC(C)(C)C)CC2)s1. The molecule has 0 unspecified atom stereocenters. The highest BCUT2D eigenvalue weighted by Gasteiger charge is 2.26. The van der Waals surface area contributed by atoms with E-state index in [4.69, 9.17) is 4.74 Å². The lowest BCUT2D eigenvalue weighted by Crippen LogP contribution is -2.40. The average molecular weight is 412 g/mol. The predicted molar refractivity (Wildman–Crippen MR) is 106 cm³/mol. The molecular weight excluding hydrogens is 382 g/mol. The molecule has 0 saturated carbocycles. The molecule has 3 amide bonds. The van der Waals surface area contributed by atoms with Crippen molar-refractivity contribution in [3.05, 3.63) is 5.01 Å². The highest BCUT2D eigenvalue weighted by Crippen LogP contribution is 2.16. The number of amides is 3. The van der Waals surface area contributed by atoms with Crippen molar-refractivity contribution in [3.63, 3.8) is 0 Å². The van der Waals surface area contributed by atoms with E-state index in [9.17, 15) is 14.4 Å². The lowest BCUT2D eigenvalue weighted by Gasteiger charge is -2.26. The smallest absolute Gasteiger partial charge is 0.410 e. The first-order valence-electron chi connectivity index (χ1n) is 9.56. The van der Waals surface area contributed by atoms with E-state index in [1.807, 2.05) is 27.7 Å². The van der Waals surface area contributed by atoms with E-state index >= 15 is 0 Å². The molecular formula is C18H29N5O4S. The summed E-state index contributed by atoms with van der Waals surface area (Å²) >= 11 is 1.33. The van der Waals surface area contributed by atoms with E-state index in [2.05, 4.69) is 15.5 Å². The molecule has 28 heavy (non-hydrogen) atoms. The summed E-state index contributed by atoms with van der Waals surface area (Å²) in [5, 5.41) is 11.8. The Bertz CT molecular complexity index is 700. The maximum absolute atomic E-state index is 12.4. The minimum Gasteiger partial charge on any atom is -0.444 e. The van der Waals surface area contributed by atoms with E-state index in [0.717, 1.165) is 11.4 Å². The number of rotatable bonds is 5. The lowest BCUT2D eigenvalue weighted by molar-refractivity contribution is -0.132. The molecule has 0 radical (unpaired) electrons. The number of nitrogens with zero attached hydrogens (tertiary/aromatic N) is 4. The van der Waals surface area contributed by atoms with Crippen LogP contribution in [0.5, 0.6) is 0 Å². The monoisotopic (exact) mass is 411 g/mol. The first-order valence-corrected chi connectivity index (χ1v) is 10.4. The van der Waals surface area contributed by atoms with Crippen LogP contribution in [0.15, 0.2) is 0 Å². The molecule has 1 aliphatic heterocycles. The zero-order valence-corrected chi connectivity index (χ0v) is 17.8. The maximum Gasteiger partial charge on any atom is 0.410 e. The predicted octanol–water partition coefficient (Wildman–Crippen LogP) is 2.29. The minimum absolute atomic E-state index is 0.0894. The van der Waals surface area contributed by atoms with E-state index < -0.39 is 5.60 Å². The first kappa shape index (κ1) is 22.1. The Kier molecular flexibility index (Phi) is 7.73. The van der Waals surface area contributed by atoms with Crippen molar-refractivity contribution in [2.75, 3.05) is 31.5 Å². The molecule has 2 rings (SSSR count). The molecule has 0 spiro atoms. The maximum atomic E-state index is 12.4. The Hall–Kier alpha value is -2.23. The van der Waals surface area contributed by atoms with Gasteiger partial charge in [0, 0.05) is 39.0 Å². The molecule has 0 atom stereocenters. The van der Waals surface area contributed by atoms with Crippen LogP contribution in [0.3, 0.4) is 0 Å². The number of aromatic nitrogens is 2. The van der Waals surface area contributed by atoms with Crippen LogP contribution in [0.2, 0.25) is 0 Å². The van der Waals surface area contributed by atoms with E-state index in [-0.39, 0.29) is 30.7 Å². The third-order valence-corrected chi connectivity index (χ3v) is 5.06. The molecule has 1 fully saturated rings. The Morgan fingerprint density at radius 3 is 2.39 bits per heavy atom. The molecule has 1 N–H and O–H groups in total. The van der Waals surface area contributed by atoms with Crippen molar-refractivity contribution in [1.29, 1.82) is 0 Å². The van der Waals surface area contributed by atoms with Gasteiger partial charge in [-0.1, -0.05) is 18.3 Å². The highest BCUT2D eigenvalue weighted by atomic mass is 32.1. The molecule has 1 aliphatic rings. The van der Waals surface area contributed by atoms with Gasteiger partial charge in [0.25, 0.3) is 0 Å². The number of ether oxygens (including phenoxy) is 1. The quantitative estimate of drug-likeness (QED) is 0.797. The molecule has 0 aromatic carbocycles. The number of hydrogen-bond donors (Lipinski definition) is 1. The molecule has 1 aromatic heterocycles. The standard InChI is InChI=1S/C18H29N5O4S/c1-5-14-20-21-16(28-14)19-13(24)7-8-15(25)22-9-6-10-23(12-11-22)17(26)27-18(2,3)4/h5-12H2,1-4H3,(H,19,21,24). The largest absolute Gasteiger partial charge is 0.444 e. The summed E-state index contributed by atoms with van der Waals surface area (Å²) < 4.78 is 5.39. The second kappa shape index (κ2) is 9.81. The molecule has 9 nitrogen and oxygen atoms in total.